The fraction of sp³-hybridized carbons (Fsp3) is 0.438. The predicted octanol–water partition coefficient (Wildman–Crippen LogP) is 1.23. The van der Waals surface area contributed by atoms with Crippen LogP contribution in [-0.2, 0) is 22.4 Å². The average Bonchev–Trinajstić information content (AvgIpc) is 2.52. The van der Waals surface area contributed by atoms with Gasteiger partial charge in [-0.2, -0.15) is 0 Å². The maximum absolute atomic E-state index is 12.0. The van der Waals surface area contributed by atoms with E-state index in [9.17, 15) is 14.4 Å². The summed E-state index contributed by atoms with van der Waals surface area (Å²) in [5, 5.41) is 2.59. The third-order valence-corrected chi connectivity index (χ3v) is 3.81. The summed E-state index contributed by atoms with van der Waals surface area (Å²) < 4.78 is 0. The van der Waals surface area contributed by atoms with Crippen molar-refractivity contribution in [2.24, 2.45) is 0 Å². The summed E-state index contributed by atoms with van der Waals surface area (Å²) in [5.41, 5.74) is 1.99. The third-order valence-electron chi connectivity index (χ3n) is 3.81. The highest BCUT2D eigenvalue weighted by molar-refractivity contribution is 5.96. The van der Waals surface area contributed by atoms with Crippen molar-refractivity contribution < 1.29 is 9.59 Å². The molecule has 0 unspecified atom stereocenters. The number of amides is 2. The van der Waals surface area contributed by atoms with Crippen molar-refractivity contribution in [1.82, 2.24) is 9.88 Å². The first-order valence-corrected chi connectivity index (χ1v) is 7.51. The molecule has 1 heterocycles. The number of hydrogen-bond acceptors (Lipinski definition) is 3. The molecule has 0 bridgehead atoms. The van der Waals surface area contributed by atoms with Gasteiger partial charge in [0, 0.05) is 12.2 Å². The number of likely N-dealkylation sites (N-methyl/N-ethyl adjacent to an activating group) is 1. The summed E-state index contributed by atoms with van der Waals surface area (Å²) in [7, 11) is 0. The summed E-state index contributed by atoms with van der Waals surface area (Å²) in [6, 6.07) is 1.75. The molecule has 0 atom stereocenters. The summed E-state index contributed by atoms with van der Waals surface area (Å²) in [5.74, 6) is -0.699. The van der Waals surface area contributed by atoms with Crippen molar-refractivity contribution >= 4 is 17.5 Å². The van der Waals surface area contributed by atoms with Gasteiger partial charge in [0.05, 0.1) is 0 Å². The summed E-state index contributed by atoms with van der Waals surface area (Å²) >= 11 is 0. The Morgan fingerprint density at radius 3 is 2.82 bits per heavy atom. The molecule has 0 fully saturated rings. The van der Waals surface area contributed by atoms with E-state index in [0.29, 0.717) is 6.54 Å². The fourth-order valence-electron chi connectivity index (χ4n) is 2.61. The minimum atomic E-state index is -0.390. The zero-order valence-electron chi connectivity index (χ0n) is 12.8. The van der Waals surface area contributed by atoms with E-state index < -0.39 is 5.91 Å². The van der Waals surface area contributed by atoms with Gasteiger partial charge in [-0.3, -0.25) is 14.4 Å². The Labute approximate surface area is 129 Å². The Bertz CT molecular complexity index is 649. The zero-order valence-corrected chi connectivity index (χ0v) is 12.8. The number of H-pyrrole nitrogens is 1. The third kappa shape index (κ3) is 3.63. The summed E-state index contributed by atoms with van der Waals surface area (Å²) in [6.07, 6.45) is 5.11. The van der Waals surface area contributed by atoms with E-state index in [1.807, 2.05) is 0 Å². The van der Waals surface area contributed by atoms with Crippen molar-refractivity contribution in [2.45, 2.75) is 32.6 Å². The molecule has 118 valence electrons. The first-order chi connectivity index (χ1) is 10.5. The van der Waals surface area contributed by atoms with E-state index in [1.54, 1.807) is 13.0 Å². The molecule has 2 rings (SSSR count). The number of hydrogen-bond donors (Lipinski definition) is 2. The zero-order chi connectivity index (χ0) is 16.1. The number of aromatic amines is 1. The number of pyridine rings is 1. The van der Waals surface area contributed by atoms with Crippen molar-refractivity contribution in [3.63, 3.8) is 0 Å². The van der Waals surface area contributed by atoms with E-state index >= 15 is 0 Å². The van der Waals surface area contributed by atoms with E-state index in [4.69, 9.17) is 0 Å². The first-order valence-electron chi connectivity index (χ1n) is 7.51. The summed E-state index contributed by atoms with van der Waals surface area (Å²) in [4.78, 5) is 39.8. The van der Waals surface area contributed by atoms with Crippen molar-refractivity contribution in [3.8, 4) is 0 Å². The van der Waals surface area contributed by atoms with E-state index in [-0.39, 0.29) is 23.7 Å². The maximum atomic E-state index is 12.0. The number of carbonyl (C=O) groups excluding carboxylic acids is 2. The molecule has 2 N–H and O–H groups in total. The van der Waals surface area contributed by atoms with Crippen molar-refractivity contribution in [1.29, 1.82) is 0 Å². The Hall–Kier alpha value is -2.37. The molecule has 1 aromatic heterocycles. The van der Waals surface area contributed by atoms with Crippen LogP contribution in [0.15, 0.2) is 23.5 Å². The number of anilines is 1. The SMILES string of the molecule is C=CC(=O)N(CC)CC(=O)Nc1cc2c([nH]c1=O)CCCC2. The topological polar surface area (TPSA) is 82.3 Å². The molecular formula is C16H21N3O3. The monoisotopic (exact) mass is 303 g/mol. The molecule has 0 saturated heterocycles. The van der Waals surface area contributed by atoms with Crippen molar-refractivity contribution in [3.05, 3.63) is 40.3 Å². The van der Waals surface area contributed by atoms with Crippen LogP contribution in [0.2, 0.25) is 0 Å². The van der Waals surface area contributed by atoms with Crippen LogP contribution < -0.4 is 10.9 Å². The molecule has 0 aromatic carbocycles. The lowest BCUT2D eigenvalue weighted by molar-refractivity contribution is -0.130. The van der Waals surface area contributed by atoms with Crippen LogP contribution >= 0.6 is 0 Å². The van der Waals surface area contributed by atoms with E-state index in [2.05, 4.69) is 16.9 Å². The van der Waals surface area contributed by atoms with Crippen LogP contribution in [0.3, 0.4) is 0 Å². The number of rotatable bonds is 5. The van der Waals surface area contributed by atoms with Crippen LogP contribution in [0, 0.1) is 0 Å². The Morgan fingerprint density at radius 1 is 1.41 bits per heavy atom. The van der Waals surface area contributed by atoms with Gasteiger partial charge < -0.3 is 15.2 Å². The smallest absolute Gasteiger partial charge is 0.271 e. The van der Waals surface area contributed by atoms with Gasteiger partial charge >= 0.3 is 0 Å². The second-order valence-corrected chi connectivity index (χ2v) is 5.33. The van der Waals surface area contributed by atoms with Gasteiger partial charge in [-0.1, -0.05) is 6.58 Å². The number of fused-ring (bicyclic) bond motifs is 1. The normalized spacial score (nSPS) is 13.1. The maximum Gasteiger partial charge on any atom is 0.271 e. The lowest BCUT2D eigenvalue weighted by Crippen LogP contribution is -2.37. The minimum absolute atomic E-state index is 0.0993. The molecule has 0 radical (unpaired) electrons. The number of aromatic nitrogens is 1. The molecule has 22 heavy (non-hydrogen) atoms. The van der Waals surface area contributed by atoms with Crippen LogP contribution in [0.5, 0.6) is 0 Å². The second kappa shape index (κ2) is 7.06. The Kier molecular flexibility index (Phi) is 5.14. The molecule has 0 saturated carbocycles. The lowest BCUT2D eigenvalue weighted by Gasteiger charge is -2.19. The highest BCUT2D eigenvalue weighted by Crippen LogP contribution is 2.19. The van der Waals surface area contributed by atoms with Crippen LogP contribution in [0.4, 0.5) is 5.69 Å². The molecule has 0 aliphatic heterocycles. The average molecular weight is 303 g/mol. The Morgan fingerprint density at radius 2 is 2.14 bits per heavy atom. The molecular weight excluding hydrogens is 282 g/mol. The van der Waals surface area contributed by atoms with Gasteiger partial charge in [-0.15, -0.1) is 0 Å². The molecule has 6 heteroatoms. The number of nitrogens with one attached hydrogen (secondary N) is 2. The first kappa shape index (κ1) is 16.0. The summed E-state index contributed by atoms with van der Waals surface area (Å²) in [6.45, 7) is 5.49. The van der Waals surface area contributed by atoms with E-state index in [1.165, 1.54) is 11.0 Å². The minimum Gasteiger partial charge on any atom is -0.330 e. The fourth-order valence-corrected chi connectivity index (χ4v) is 2.61. The molecule has 0 spiro atoms. The van der Waals surface area contributed by atoms with E-state index in [0.717, 1.165) is 36.9 Å². The molecule has 2 amide bonds. The molecule has 6 nitrogen and oxygen atoms in total. The standard InChI is InChI=1S/C16H21N3O3/c1-3-15(21)19(4-2)10-14(20)17-13-9-11-7-5-6-8-12(11)18-16(13)22/h3,9H,1,4-8,10H2,2H3,(H,17,20)(H,18,22). The highest BCUT2D eigenvalue weighted by Gasteiger charge is 2.16. The predicted molar refractivity (Wildman–Crippen MR) is 84.8 cm³/mol. The van der Waals surface area contributed by atoms with Gasteiger partial charge in [0.25, 0.3) is 5.56 Å². The van der Waals surface area contributed by atoms with Crippen LogP contribution in [-0.4, -0.2) is 34.8 Å². The van der Waals surface area contributed by atoms with Gasteiger partial charge in [0.2, 0.25) is 11.8 Å². The molecule has 1 aliphatic carbocycles. The van der Waals surface area contributed by atoms with Gasteiger partial charge in [-0.05, 0) is 50.3 Å². The number of nitrogens with zero attached hydrogens (tertiary/aromatic N) is 1. The number of aryl methyl sites for hydroxylation is 2. The lowest BCUT2D eigenvalue weighted by atomic mass is 9.96. The second-order valence-electron chi connectivity index (χ2n) is 5.33. The molecule has 1 aliphatic rings. The van der Waals surface area contributed by atoms with Crippen LogP contribution in [0.25, 0.3) is 0 Å². The van der Waals surface area contributed by atoms with Crippen molar-refractivity contribution in [2.75, 3.05) is 18.4 Å². The quantitative estimate of drug-likeness (QED) is 0.803. The van der Waals surface area contributed by atoms with Gasteiger partial charge in [-0.25, -0.2) is 0 Å². The molecule has 1 aromatic rings. The Balaban J connectivity index is 2.10. The number of carbonyl (C=O) groups is 2. The van der Waals surface area contributed by atoms with Crippen LogP contribution in [0.1, 0.15) is 31.0 Å². The van der Waals surface area contributed by atoms with Gasteiger partial charge in [0.1, 0.15) is 12.2 Å². The largest absolute Gasteiger partial charge is 0.330 e. The van der Waals surface area contributed by atoms with Gasteiger partial charge in [0.15, 0.2) is 0 Å². The highest BCUT2D eigenvalue weighted by atomic mass is 16.2.